The van der Waals surface area contributed by atoms with Crippen molar-refractivity contribution in [3.63, 3.8) is 0 Å². The summed E-state index contributed by atoms with van der Waals surface area (Å²) >= 11 is 0. The van der Waals surface area contributed by atoms with Crippen LogP contribution in [0.2, 0.25) is 0 Å². The Hall–Kier alpha value is -0.730. The molecule has 5 atom stereocenters. The smallest absolute Gasteiger partial charge is 0.332 e. The van der Waals surface area contributed by atoms with Crippen LogP contribution in [-0.2, 0) is 9.53 Å². The number of aliphatic hydroxyl groups is 3. The maximum Gasteiger partial charge on any atom is 0.332 e. The molecule has 0 spiro atoms. The molecule has 94 valence electrons. The zero-order valence-electron chi connectivity index (χ0n) is 8.69. The highest BCUT2D eigenvalue weighted by atomic mass is 16.5. The summed E-state index contributed by atoms with van der Waals surface area (Å²) in [7, 11) is 0. The van der Waals surface area contributed by atoms with E-state index in [0.717, 1.165) is 0 Å². The first-order valence-corrected chi connectivity index (χ1v) is 5.08. The number of carboxylic acid groups (broad SMARTS) is 1. The number of carbonyl (C=O) groups is 1. The number of hydrogen-bond donors (Lipinski definition) is 5. The molecule has 1 aliphatic rings. The van der Waals surface area contributed by atoms with Gasteiger partial charge in [-0.1, -0.05) is 0 Å². The first kappa shape index (κ1) is 13.3. The molecular formula is C9H17NO6. The summed E-state index contributed by atoms with van der Waals surface area (Å²) in [6.45, 7) is -0.262. The second kappa shape index (κ2) is 5.55. The van der Waals surface area contributed by atoms with Crippen LogP contribution in [0.25, 0.3) is 0 Å². The Morgan fingerprint density at radius 3 is 2.69 bits per heavy atom. The third-order valence-corrected chi connectivity index (χ3v) is 2.68. The van der Waals surface area contributed by atoms with Crippen molar-refractivity contribution in [2.75, 3.05) is 6.61 Å². The van der Waals surface area contributed by atoms with E-state index in [4.69, 9.17) is 20.7 Å². The van der Waals surface area contributed by atoms with Crippen LogP contribution >= 0.6 is 0 Å². The fourth-order valence-corrected chi connectivity index (χ4v) is 1.73. The van der Waals surface area contributed by atoms with Gasteiger partial charge in [0.2, 0.25) is 0 Å². The Labute approximate surface area is 92.4 Å². The zero-order valence-corrected chi connectivity index (χ0v) is 8.69. The Morgan fingerprint density at radius 1 is 1.56 bits per heavy atom. The Balaban J connectivity index is 2.69. The molecule has 0 bridgehead atoms. The highest BCUT2D eigenvalue weighted by Crippen LogP contribution is 2.22. The minimum atomic E-state index is -1.20. The minimum absolute atomic E-state index is 0.0252. The fourth-order valence-electron chi connectivity index (χ4n) is 1.73. The first-order chi connectivity index (χ1) is 7.47. The summed E-state index contributed by atoms with van der Waals surface area (Å²) in [6.07, 6.45) is -4.34. The summed E-state index contributed by atoms with van der Waals surface area (Å²) in [5, 5.41) is 36.6. The SMILES string of the molecule is NC1C(O)CC(C(=O)O)OC1[C@H](O)CCO. The molecule has 1 fully saturated rings. The number of hydrogen-bond acceptors (Lipinski definition) is 6. The highest BCUT2D eigenvalue weighted by molar-refractivity contribution is 5.72. The van der Waals surface area contributed by atoms with Gasteiger partial charge in [0, 0.05) is 13.0 Å². The normalized spacial score (nSPS) is 37.0. The zero-order chi connectivity index (χ0) is 12.3. The molecule has 4 unspecified atom stereocenters. The van der Waals surface area contributed by atoms with Crippen molar-refractivity contribution in [1.29, 1.82) is 0 Å². The van der Waals surface area contributed by atoms with Crippen LogP contribution in [0, 0.1) is 0 Å². The second-order valence-corrected chi connectivity index (χ2v) is 3.89. The van der Waals surface area contributed by atoms with E-state index in [-0.39, 0.29) is 19.4 Å². The predicted molar refractivity (Wildman–Crippen MR) is 52.6 cm³/mol. The molecule has 0 amide bonds. The lowest BCUT2D eigenvalue weighted by Crippen LogP contribution is -2.59. The molecule has 1 rings (SSSR count). The maximum absolute atomic E-state index is 10.7. The maximum atomic E-state index is 10.7. The van der Waals surface area contributed by atoms with E-state index >= 15 is 0 Å². The number of rotatable bonds is 4. The molecule has 16 heavy (non-hydrogen) atoms. The summed E-state index contributed by atoms with van der Waals surface area (Å²) in [6, 6.07) is -0.850. The molecule has 7 nitrogen and oxygen atoms in total. The van der Waals surface area contributed by atoms with Gasteiger partial charge in [0.25, 0.3) is 0 Å². The average molecular weight is 235 g/mol. The largest absolute Gasteiger partial charge is 0.479 e. The van der Waals surface area contributed by atoms with E-state index in [2.05, 4.69) is 0 Å². The third-order valence-electron chi connectivity index (χ3n) is 2.68. The number of aliphatic hydroxyl groups excluding tert-OH is 3. The van der Waals surface area contributed by atoms with Crippen molar-refractivity contribution in [3.8, 4) is 0 Å². The van der Waals surface area contributed by atoms with Crippen molar-refractivity contribution < 1.29 is 30.0 Å². The standard InChI is InChI=1S/C9H17NO6/c10-7-5(13)3-6(9(14)15)16-8(7)4(12)1-2-11/h4-8,11-13H,1-3,10H2,(H,14,15)/t4-,5?,6?,7?,8?/m1/s1. The molecule has 1 saturated heterocycles. The van der Waals surface area contributed by atoms with E-state index < -0.39 is 36.4 Å². The molecule has 0 aromatic carbocycles. The number of nitrogens with two attached hydrogens (primary N) is 1. The van der Waals surface area contributed by atoms with Crippen LogP contribution in [0.3, 0.4) is 0 Å². The molecule has 6 N–H and O–H groups in total. The van der Waals surface area contributed by atoms with Gasteiger partial charge in [0.1, 0.15) is 6.10 Å². The number of carboxylic acids is 1. The molecule has 1 aliphatic heterocycles. The van der Waals surface area contributed by atoms with Gasteiger partial charge in [-0.2, -0.15) is 0 Å². The van der Waals surface area contributed by atoms with Gasteiger partial charge < -0.3 is 30.9 Å². The monoisotopic (exact) mass is 235 g/mol. The van der Waals surface area contributed by atoms with Gasteiger partial charge in [-0.15, -0.1) is 0 Å². The van der Waals surface area contributed by atoms with E-state index in [0.29, 0.717) is 0 Å². The summed E-state index contributed by atoms with van der Waals surface area (Å²) in [5.41, 5.74) is 5.61. The third kappa shape index (κ3) is 2.89. The summed E-state index contributed by atoms with van der Waals surface area (Å²) in [4.78, 5) is 10.7. The Morgan fingerprint density at radius 2 is 2.19 bits per heavy atom. The van der Waals surface area contributed by atoms with Crippen molar-refractivity contribution >= 4 is 5.97 Å². The van der Waals surface area contributed by atoms with E-state index in [9.17, 15) is 15.0 Å². The topological polar surface area (TPSA) is 133 Å². The highest BCUT2D eigenvalue weighted by Gasteiger charge is 2.41. The van der Waals surface area contributed by atoms with Crippen LogP contribution in [0.5, 0.6) is 0 Å². The fraction of sp³-hybridized carbons (Fsp3) is 0.889. The lowest BCUT2D eigenvalue weighted by Gasteiger charge is -2.38. The van der Waals surface area contributed by atoms with Gasteiger partial charge in [-0.25, -0.2) is 4.79 Å². The summed E-state index contributed by atoms with van der Waals surface area (Å²) < 4.78 is 5.10. The van der Waals surface area contributed by atoms with Crippen LogP contribution in [0.4, 0.5) is 0 Å². The molecule has 0 aliphatic carbocycles. The molecule has 0 radical (unpaired) electrons. The van der Waals surface area contributed by atoms with Gasteiger partial charge in [-0.3, -0.25) is 0 Å². The molecule has 7 heteroatoms. The average Bonchev–Trinajstić information content (AvgIpc) is 2.21. The molecule has 0 saturated carbocycles. The van der Waals surface area contributed by atoms with Crippen molar-refractivity contribution in [2.24, 2.45) is 5.73 Å². The number of aliphatic carboxylic acids is 1. The van der Waals surface area contributed by atoms with Gasteiger partial charge in [0.15, 0.2) is 6.10 Å². The van der Waals surface area contributed by atoms with Crippen molar-refractivity contribution in [2.45, 2.75) is 43.3 Å². The van der Waals surface area contributed by atoms with E-state index in [1.807, 2.05) is 0 Å². The first-order valence-electron chi connectivity index (χ1n) is 5.08. The second-order valence-electron chi connectivity index (χ2n) is 3.89. The molecule has 0 aromatic rings. The quantitative estimate of drug-likeness (QED) is 0.368. The Bertz CT molecular complexity index is 248. The lowest BCUT2D eigenvalue weighted by molar-refractivity contribution is -0.181. The van der Waals surface area contributed by atoms with Crippen LogP contribution in [0.15, 0.2) is 0 Å². The summed E-state index contributed by atoms with van der Waals surface area (Å²) in [5.74, 6) is -1.20. The molecule has 0 aromatic heterocycles. The van der Waals surface area contributed by atoms with E-state index in [1.54, 1.807) is 0 Å². The van der Waals surface area contributed by atoms with Crippen molar-refractivity contribution in [1.82, 2.24) is 0 Å². The van der Waals surface area contributed by atoms with Crippen LogP contribution in [0.1, 0.15) is 12.8 Å². The predicted octanol–water partition coefficient (Wildman–Crippen LogP) is -2.34. The lowest BCUT2D eigenvalue weighted by atomic mass is 9.92. The van der Waals surface area contributed by atoms with Crippen LogP contribution < -0.4 is 5.73 Å². The number of ether oxygens (including phenoxy) is 1. The van der Waals surface area contributed by atoms with Crippen LogP contribution in [-0.4, -0.2) is 63.5 Å². The molecular weight excluding hydrogens is 218 g/mol. The Kier molecular flexibility index (Phi) is 4.63. The van der Waals surface area contributed by atoms with Gasteiger partial charge >= 0.3 is 5.97 Å². The molecule has 1 heterocycles. The van der Waals surface area contributed by atoms with Crippen molar-refractivity contribution in [3.05, 3.63) is 0 Å². The van der Waals surface area contributed by atoms with Gasteiger partial charge in [0.05, 0.1) is 18.2 Å². The minimum Gasteiger partial charge on any atom is -0.479 e. The van der Waals surface area contributed by atoms with E-state index in [1.165, 1.54) is 0 Å². The van der Waals surface area contributed by atoms with Gasteiger partial charge in [-0.05, 0) is 6.42 Å².